The fourth-order valence-electron chi connectivity index (χ4n) is 6.20. The third-order valence-corrected chi connectivity index (χ3v) is 11.5. The quantitative estimate of drug-likeness (QED) is 0.227. The highest BCUT2D eigenvalue weighted by atomic mass is 35.5. The van der Waals surface area contributed by atoms with Crippen molar-refractivity contribution in [1.29, 1.82) is 0 Å². The minimum absolute atomic E-state index is 0.000559. The van der Waals surface area contributed by atoms with Crippen LogP contribution in [0.25, 0.3) is 0 Å². The molecule has 2 aromatic carbocycles. The number of rotatable bonds is 10. The van der Waals surface area contributed by atoms with E-state index in [0.717, 1.165) is 30.7 Å². The van der Waals surface area contributed by atoms with Crippen molar-refractivity contribution in [1.82, 2.24) is 29.4 Å². The van der Waals surface area contributed by atoms with Gasteiger partial charge in [0.25, 0.3) is 0 Å². The van der Waals surface area contributed by atoms with Crippen molar-refractivity contribution in [2.45, 2.75) is 26.9 Å². The maximum atomic E-state index is 12.7. The second-order valence-corrected chi connectivity index (χ2v) is 16.4. The van der Waals surface area contributed by atoms with Gasteiger partial charge in [0.1, 0.15) is 34.6 Å². The number of aromatic nitrogens is 4. The minimum atomic E-state index is -3.52. The fourth-order valence-corrected chi connectivity index (χ4v) is 7.45. The maximum absolute atomic E-state index is 12.7. The number of ether oxygens (including phenoxy) is 2. The lowest BCUT2D eigenvalue weighted by molar-refractivity contribution is -0.133. The first-order valence-corrected chi connectivity index (χ1v) is 20.8. The number of nitrogens with one attached hydrogen (secondary N) is 1. The molecule has 16 nitrogen and oxygen atoms in total. The van der Waals surface area contributed by atoms with Crippen LogP contribution in [0.2, 0.25) is 20.1 Å². The summed E-state index contributed by atoms with van der Waals surface area (Å²) in [5, 5.41) is 9.95. The lowest BCUT2D eigenvalue weighted by Crippen LogP contribution is -2.49. The largest absolute Gasteiger partial charge is 0.495 e. The average molecular weight is 875 g/mol. The Labute approximate surface area is 345 Å². The van der Waals surface area contributed by atoms with E-state index in [1.54, 1.807) is 43.7 Å². The van der Waals surface area contributed by atoms with Crippen molar-refractivity contribution in [3.63, 3.8) is 0 Å². The van der Waals surface area contributed by atoms with Gasteiger partial charge in [-0.25, -0.2) is 8.42 Å². The van der Waals surface area contributed by atoms with Crippen LogP contribution < -0.4 is 29.7 Å². The van der Waals surface area contributed by atoms with Crippen LogP contribution in [0.3, 0.4) is 0 Å². The summed E-state index contributed by atoms with van der Waals surface area (Å²) in [4.78, 5) is 33.2. The number of nitrogens with two attached hydrogens (primary N) is 1. The molecule has 2 aliphatic rings. The van der Waals surface area contributed by atoms with Crippen LogP contribution in [0.1, 0.15) is 11.4 Å². The summed E-state index contributed by atoms with van der Waals surface area (Å²) in [6.45, 7) is 8.75. The number of nitrogens with zero attached hydrogens (tertiary/aromatic N) is 8. The maximum Gasteiger partial charge on any atom is 0.244 e. The summed E-state index contributed by atoms with van der Waals surface area (Å²) in [5.41, 5.74) is 8.92. The van der Waals surface area contributed by atoms with Crippen molar-refractivity contribution < 1.29 is 27.5 Å². The molecule has 0 bridgehead atoms. The predicted molar refractivity (Wildman–Crippen MR) is 220 cm³/mol. The lowest BCUT2D eigenvalue weighted by atomic mass is 10.2. The highest BCUT2D eigenvalue weighted by Gasteiger charge is 2.26. The standard InChI is InChI=1S/C18H23Cl2N5O4S.C17H21Cl2N5O2/c1-12-17(20)18(22-30(3,27)28)21-25(12)11-16(26)24-8-6-23(7-9-24)13-4-5-14(19)15(10-13)29-2;1-11-16(19)17(20)21-24(11)10-15(25)23-7-5-22(6-8-23)12-3-4-13(18)14(9-12)26-2/h4-5,10H,6-9,11H2,1-3H3,(H,21,22);3-4,9H,5-8,10H2,1-2H3,(H2,20,21). The Balaban J connectivity index is 0.000000216. The summed E-state index contributed by atoms with van der Waals surface area (Å²) >= 11 is 24.3. The van der Waals surface area contributed by atoms with Crippen LogP contribution in [0.15, 0.2) is 36.4 Å². The van der Waals surface area contributed by atoms with Gasteiger partial charge in [-0.3, -0.25) is 23.7 Å². The van der Waals surface area contributed by atoms with E-state index in [9.17, 15) is 18.0 Å². The van der Waals surface area contributed by atoms with Gasteiger partial charge >= 0.3 is 0 Å². The summed E-state index contributed by atoms with van der Waals surface area (Å²) in [6, 6.07) is 11.3. The zero-order chi connectivity index (χ0) is 40.9. The van der Waals surface area contributed by atoms with Crippen LogP contribution in [0.5, 0.6) is 11.5 Å². The smallest absolute Gasteiger partial charge is 0.244 e. The molecule has 2 aromatic heterocycles. The molecule has 0 aliphatic carbocycles. The van der Waals surface area contributed by atoms with E-state index in [1.807, 2.05) is 35.2 Å². The Morgan fingerprint density at radius 3 is 1.50 bits per heavy atom. The highest BCUT2D eigenvalue weighted by Crippen LogP contribution is 2.31. The van der Waals surface area contributed by atoms with Gasteiger partial charge in [-0.05, 0) is 38.1 Å². The van der Waals surface area contributed by atoms with Crippen LogP contribution in [0.4, 0.5) is 23.0 Å². The van der Waals surface area contributed by atoms with E-state index in [-0.39, 0.29) is 41.6 Å². The van der Waals surface area contributed by atoms with Gasteiger partial charge in [0, 0.05) is 75.9 Å². The van der Waals surface area contributed by atoms with E-state index in [2.05, 4.69) is 24.7 Å². The Kier molecular flexibility index (Phi) is 14.0. The molecule has 4 heterocycles. The number of anilines is 4. The van der Waals surface area contributed by atoms with Crippen LogP contribution in [0, 0.1) is 13.8 Å². The van der Waals surface area contributed by atoms with Gasteiger partial charge in [0.05, 0.1) is 41.9 Å². The monoisotopic (exact) mass is 872 g/mol. The second kappa shape index (κ2) is 18.3. The number of carbonyl (C=O) groups is 2. The third kappa shape index (κ3) is 10.4. The molecule has 0 radical (unpaired) electrons. The summed E-state index contributed by atoms with van der Waals surface area (Å²) in [6.07, 6.45) is 1.01. The molecule has 2 fully saturated rings. The summed E-state index contributed by atoms with van der Waals surface area (Å²) in [7, 11) is -0.354. The molecule has 0 spiro atoms. The molecule has 56 heavy (non-hydrogen) atoms. The first kappa shape index (κ1) is 42.8. The SMILES string of the molecule is COc1cc(N2CCN(C(=O)Cn3nc(N)c(Cl)c3C)CC2)ccc1Cl.COc1cc(N2CCN(C(=O)Cn3nc(NS(C)(=O)=O)c(Cl)c3C)CC2)ccc1Cl. The third-order valence-electron chi connectivity index (χ3n) is 9.41. The van der Waals surface area contributed by atoms with E-state index in [1.165, 1.54) is 4.68 Å². The predicted octanol–water partition coefficient (Wildman–Crippen LogP) is 4.67. The van der Waals surface area contributed by atoms with E-state index in [0.29, 0.717) is 77.2 Å². The number of benzene rings is 2. The van der Waals surface area contributed by atoms with Crippen molar-refractivity contribution in [3.05, 3.63) is 67.9 Å². The Morgan fingerprint density at radius 1 is 0.714 bits per heavy atom. The first-order chi connectivity index (χ1) is 26.5. The molecular formula is C35H44Cl4N10O6S. The second-order valence-electron chi connectivity index (χ2n) is 13.1. The number of hydrogen-bond acceptors (Lipinski definition) is 11. The minimum Gasteiger partial charge on any atom is -0.495 e. The van der Waals surface area contributed by atoms with Gasteiger partial charge in [-0.15, -0.1) is 0 Å². The van der Waals surface area contributed by atoms with Crippen molar-refractivity contribution in [3.8, 4) is 11.5 Å². The van der Waals surface area contributed by atoms with Crippen molar-refractivity contribution in [2.75, 3.05) is 93.1 Å². The van der Waals surface area contributed by atoms with Crippen molar-refractivity contribution in [2.24, 2.45) is 0 Å². The van der Waals surface area contributed by atoms with Crippen LogP contribution in [-0.2, 0) is 32.7 Å². The average Bonchev–Trinajstić information content (AvgIpc) is 3.57. The van der Waals surface area contributed by atoms with Crippen molar-refractivity contribution >= 4 is 91.3 Å². The van der Waals surface area contributed by atoms with E-state index in [4.69, 9.17) is 61.6 Å². The molecule has 0 unspecified atom stereocenters. The first-order valence-electron chi connectivity index (χ1n) is 17.4. The molecule has 0 atom stereocenters. The molecule has 21 heteroatoms. The Hall–Kier alpha value is -4.29. The fraction of sp³-hybridized carbons (Fsp3) is 0.429. The molecule has 2 saturated heterocycles. The molecule has 304 valence electrons. The summed E-state index contributed by atoms with van der Waals surface area (Å²) in [5.74, 6) is 1.41. The van der Waals surface area contributed by atoms with Crippen LogP contribution in [-0.4, -0.2) is 122 Å². The number of piperazine rings is 2. The molecule has 0 saturated carbocycles. The van der Waals surface area contributed by atoms with Gasteiger partial charge < -0.3 is 34.8 Å². The van der Waals surface area contributed by atoms with Gasteiger partial charge in [-0.1, -0.05) is 46.4 Å². The van der Waals surface area contributed by atoms with E-state index < -0.39 is 10.0 Å². The molecule has 6 rings (SSSR count). The Bertz CT molecular complexity index is 2170. The number of nitrogen functional groups attached to an aromatic ring is 1. The zero-order valence-corrected chi connectivity index (χ0v) is 35.4. The number of halogens is 4. The number of carbonyl (C=O) groups excluding carboxylic acids is 2. The molecular weight excluding hydrogens is 830 g/mol. The number of methoxy groups -OCH3 is 2. The van der Waals surface area contributed by atoms with Gasteiger partial charge in [0.2, 0.25) is 21.8 Å². The molecule has 2 aliphatic heterocycles. The number of amides is 2. The van der Waals surface area contributed by atoms with E-state index >= 15 is 0 Å². The molecule has 2 amide bonds. The topological polar surface area (TPSA) is 173 Å². The van der Waals surface area contributed by atoms with Gasteiger partial charge in [-0.2, -0.15) is 10.2 Å². The Morgan fingerprint density at radius 2 is 1.12 bits per heavy atom. The number of hydrogen-bond donors (Lipinski definition) is 2. The molecule has 3 N–H and O–H groups in total. The number of sulfonamides is 1. The van der Waals surface area contributed by atoms with Crippen LogP contribution >= 0.6 is 46.4 Å². The summed E-state index contributed by atoms with van der Waals surface area (Å²) < 4.78 is 38.6. The molecule has 4 aromatic rings. The highest BCUT2D eigenvalue weighted by molar-refractivity contribution is 7.92. The zero-order valence-electron chi connectivity index (χ0n) is 31.6. The lowest BCUT2D eigenvalue weighted by Gasteiger charge is -2.36. The van der Waals surface area contributed by atoms with Gasteiger partial charge in [0.15, 0.2) is 11.6 Å². The normalized spacial score (nSPS) is 14.7.